The van der Waals surface area contributed by atoms with Crippen LogP contribution in [-0.2, 0) is 9.53 Å². The monoisotopic (exact) mass is 340 g/mol. The summed E-state index contributed by atoms with van der Waals surface area (Å²) in [7, 11) is 1.67. The first-order chi connectivity index (χ1) is 10.8. The molecule has 6 heteroatoms. The minimum Gasteiger partial charge on any atom is -0.496 e. The number of para-hydroxylation sites is 1. The van der Waals surface area contributed by atoms with Crippen molar-refractivity contribution in [2.75, 3.05) is 33.4 Å². The van der Waals surface area contributed by atoms with E-state index in [1.165, 1.54) is 0 Å². The Labute approximate surface area is 143 Å². The molecular formula is C17H25ClN2O3. The number of nitrogens with one attached hydrogen (secondary N) is 1. The molecule has 1 saturated carbocycles. The molecule has 1 aliphatic carbocycles. The van der Waals surface area contributed by atoms with Crippen molar-refractivity contribution in [1.82, 2.24) is 10.2 Å². The third kappa shape index (κ3) is 3.79. The fourth-order valence-electron chi connectivity index (χ4n) is 3.23. The van der Waals surface area contributed by atoms with Crippen molar-refractivity contribution in [3.63, 3.8) is 0 Å². The van der Waals surface area contributed by atoms with Gasteiger partial charge in [0.15, 0.2) is 0 Å². The van der Waals surface area contributed by atoms with Gasteiger partial charge in [0.1, 0.15) is 5.75 Å². The number of nitrogens with zero attached hydrogens (tertiary/aromatic N) is 1. The maximum absolute atomic E-state index is 12.8. The van der Waals surface area contributed by atoms with Crippen molar-refractivity contribution in [1.29, 1.82) is 0 Å². The maximum atomic E-state index is 12.8. The zero-order chi connectivity index (χ0) is 15.5. The smallest absolute Gasteiger partial charge is 0.229 e. The molecule has 5 nitrogen and oxygen atoms in total. The number of halogens is 1. The van der Waals surface area contributed by atoms with Gasteiger partial charge in [-0.2, -0.15) is 0 Å². The number of benzene rings is 1. The third-order valence-corrected chi connectivity index (χ3v) is 4.45. The van der Waals surface area contributed by atoms with Crippen molar-refractivity contribution >= 4 is 18.3 Å². The Morgan fingerprint density at radius 1 is 1.39 bits per heavy atom. The van der Waals surface area contributed by atoms with Crippen LogP contribution in [0, 0.1) is 5.92 Å². The lowest BCUT2D eigenvalue weighted by Gasteiger charge is -2.37. The highest BCUT2D eigenvalue weighted by molar-refractivity contribution is 5.85. The quantitative estimate of drug-likeness (QED) is 0.891. The number of carbonyl (C=O) groups is 1. The topological polar surface area (TPSA) is 50.8 Å². The molecular weight excluding hydrogens is 316 g/mol. The summed E-state index contributed by atoms with van der Waals surface area (Å²) >= 11 is 0. The number of piperazine rings is 1. The van der Waals surface area contributed by atoms with Gasteiger partial charge >= 0.3 is 0 Å². The Kier molecular flexibility index (Phi) is 6.27. The molecule has 1 aromatic carbocycles. The lowest BCUT2D eigenvalue weighted by molar-refractivity contribution is -0.137. The molecule has 0 bridgehead atoms. The Balaban J connectivity index is 0.00000192. The van der Waals surface area contributed by atoms with Gasteiger partial charge in [-0.25, -0.2) is 0 Å². The van der Waals surface area contributed by atoms with Crippen LogP contribution in [0.15, 0.2) is 24.3 Å². The van der Waals surface area contributed by atoms with E-state index < -0.39 is 0 Å². The molecule has 0 spiro atoms. The van der Waals surface area contributed by atoms with Crippen LogP contribution < -0.4 is 10.1 Å². The first-order valence-corrected chi connectivity index (χ1v) is 8.02. The van der Waals surface area contributed by atoms with Gasteiger partial charge in [-0.05, 0) is 19.4 Å². The number of amides is 1. The zero-order valence-electron chi connectivity index (χ0n) is 13.7. The normalized spacial score (nSPS) is 26.3. The number of hydrogen-bond donors (Lipinski definition) is 1. The van der Waals surface area contributed by atoms with Crippen LogP contribution in [0.2, 0.25) is 0 Å². The molecule has 1 amide bonds. The predicted molar refractivity (Wildman–Crippen MR) is 91.1 cm³/mol. The minimum atomic E-state index is 0. The Bertz CT molecular complexity index is 540. The van der Waals surface area contributed by atoms with Crippen LogP contribution in [0.1, 0.15) is 24.9 Å². The summed E-state index contributed by atoms with van der Waals surface area (Å²) in [5.41, 5.74) is 1.07. The molecule has 0 radical (unpaired) electrons. The van der Waals surface area contributed by atoms with E-state index in [0.29, 0.717) is 6.61 Å². The van der Waals surface area contributed by atoms with E-state index in [2.05, 4.69) is 5.32 Å². The first kappa shape index (κ1) is 18.0. The molecule has 3 unspecified atom stereocenters. The minimum absolute atomic E-state index is 0. The lowest BCUT2D eigenvalue weighted by atomic mass is 10.0. The van der Waals surface area contributed by atoms with Crippen LogP contribution in [0.25, 0.3) is 0 Å². The Morgan fingerprint density at radius 3 is 2.91 bits per heavy atom. The highest BCUT2D eigenvalue weighted by atomic mass is 35.5. The predicted octanol–water partition coefficient (Wildman–Crippen LogP) is 2.01. The fraction of sp³-hybridized carbons (Fsp3) is 0.588. The number of rotatable bonds is 5. The summed E-state index contributed by atoms with van der Waals surface area (Å²) < 4.78 is 11.0. The van der Waals surface area contributed by atoms with Gasteiger partial charge in [0.25, 0.3) is 0 Å². The maximum Gasteiger partial charge on any atom is 0.229 e. The van der Waals surface area contributed by atoms with Crippen molar-refractivity contribution in [3.8, 4) is 5.75 Å². The van der Waals surface area contributed by atoms with Gasteiger partial charge < -0.3 is 19.7 Å². The number of hydrogen-bond acceptors (Lipinski definition) is 4. The molecule has 23 heavy (non-hydrogen) atoms. The molecule has 0 aromatic heterocycles. The van der Waals surface area contributed by atoms with E-state index in [9.17, 15) is 4.79 Å². The van der Waals surface area contributed by atoms with E-state index in [4.69, 9.17) is 9.47 Å². The van der Waals surface area contributed by atoms with Crippen LogP contribution in [0.4, 0.5) is 0 Å². The summed E-state index contributed by atoms with van der Waals surface area (Å²) in [6.07, 6.45) is 0.973. The molecule has 1 saturated heterocycles. The van der Waals surface area contributed by atoms with Crippen molar-refractivity contribution in [2.45, 2.75) is 25.5 Å². The van der Waals surface area contributed by atoms with Crippen LogP contribution in [0.5, 0.6) is 5.75 Å². The van der Waals surface area contributed by atoms with Crippen molar-refractivity contribution in [3.05, 3.63) is 29.8 Å². The highest BCUT2D eigenvalue weighted by Crippen LogP contribution is 2.39. The number of ether oxygens (including phenoxy) is 2. The summed E-state index contributed by atoms with van der Waals surface area (Å²) in [5.74, 6) is 1.09. The second kappa shape index (κ2) is 7.99. The molecule has 1 aromatic rings. The molecule has 128 valence electrons. The summed E-state index contributed by atoms with van der Waals surface area (Å²) in [5, 5.41) is 3.38. The number of carbonyl (C=O) groups excluding carboxylic acids is 1. The van der Waals surface area contributed by atoms with Crippen LogP contribution in [-0.4, -0.2) is 50.3 Å². The van der Waals surface area contributed by atoms with E-state index in [1.54, 1.807) is 7.11 Å². The van der Waals surface area contributed by atoms with Crippen molar-refractivity contribution in [2.24, 2.45) is 5.92 Å². The van der Waals surface area contributed by atoms with Gasteiger partial charge in [-0.15, -0.1) is 12.4 Å². The number of methoxy groups -OCH3 is 1. The van der Waals surface area contributed by atoms with Gasteiger partial charge in [0.05, 0.1) is 25.2 Å². The average molecular weight is 341 g/mol. The van der Waals surface area contributed by atoms with Crippen molar-refractivity contribution < 1.29 is 14.3 Å². The Hall–Kier alpha value is -1.30. The standard InChI is InChI=1S/C17H24N2O3.ClH/c1-3-22-16-10-13(16)17(20)19-9-8-18-11-14(19)12-6-4-5-7-15(12)21-2;/h4-7,13-14,16,18H,3,8-11H2,1-2H3;1H. The Morgan fingerprint density at radius 2 is 2.17 bits per heavy atom. The summed E-state index contributed by atoms with van der Waals surface area (Å²) in [4.78, 5) is 14.8. The second-order valence-corrected chi connectivity index (χ2v) is 5.83. The molecule has 2 aliphatic rings. The fourth-order valence-corrected chi connectivity index (χ4v) is 3.23. The van der Waals surface area contributed by atoms with Gasteiger partial charge in [0, 0.05) is 31.8 Å². The molecule has 3 rings (SSSR count). The zero-order valence-corrected chi connectivity index (χ0v) is 14.5. The molecule has 1 aliphatic heterocycles. The first-order valence-electron chi connectivity index (χ1n) is 8.02. The van der Waals surface area contributed by atoms with Crippen LogP contribution >= 0.6 is 12.4 Å². The van der Waals surface area contributed by atoms with Gasteiger partial charge in [0.2, 0.25) is 5.91 Å². The highest BCUT2D eigenvalue weighted by Gasteiger charge is 2.47. The van der Waals surface area contributed by atoms with E-state index in [-0.39, 0.29) is 36.4 Å². The van der Waals surface area contributed by atoms with Gasteiger partial charge in [-0.1, -0.05) is 18.2 Å². The third-order valence-electron chi connectivity index (χ3n) is 4.45. The summed E-state index contributed by atoms with van der Waals surface area (Å²) in [6, 6.07) is 7.97. The summed E-state index contributed by atoms with van der Waals surface area (Å²) in [6.45, 7) is 4.98. The lowest BCUT2D eigenvalue weighted by Crippen LogP contribution is -2.49. The average Bonchev–Trinajstić information content (AvgIpc) is 3.34. The van der Waals surface area contributed by atoms with E-state index >= 15 is 0 Å². The largest absolute Gasteiger partial charge is 0.496 e. The molecule has 2 fully saturated rings. The van der Waals surface area contributed by atoms with E-state index in [0.717, 1.165) is 37.4 Å². The SMILES string of the molecule is CCOC1CC1C(=O)N1CCNCC1c1ccccc1OC.Cl. The molecule has 1 heterocycles. The molecule has 1 N–H and O–H groups in total. The van der Waals surface area contributed by atoms with Gasteiger partial charge in [-0.3, -0.25) is 4.79 Å². The molecule has 3 atom stereocenters. The second-order valence-electron chi connectivity index (χ2n) is 5.83. The van der Waals surface area contributed by atoms with E-state index in [1.807, 2.05) is 36.1 Å². The van der Waals surface area contributed by atoms with Crippen LogP contribution in [0.3, 0.4) is 0 Å².